The van der Waals surface area contributed by atoms with Gasteiger partial charge in [0.2, 0.25) is 0 Å². The van der Waals surface area contributed by atoms with E-state index in [1.807, 2.05) is 0 Å². The van der Waals surface area contributed by atoms with E-state index in [-0.39, 0.29) is 11.1 Å². The summed E-state index contributed by atoms with van der Waals surface area (Å²) in [7, 11) is 0. The Morgan fingerprint density at radius 3 is 2.48 bits per heavy atom. The summed E-state index contributed by atoms with van der Waals surface area (Å²) >= 11 is 0. The van der Waals surface area contributed by atoms with E-state index in [0.29, 0.717) is 28.4 Å². The second kappa shape index (κ2) is 4.52. The van der Waals surface area contributed by atoms with Gasteiger partial charge in [0.05, 0.1) is 22.5 Å². The van der Waals surface area contributed by atoms with Crippen LogP contribution in [0.5, 0.6) is 11.5 Å². The highest BCUT2D eigenvalue weighted by Crippen LogP contribution is 2.44. The molecule has 21 heavy (non-hydrogen) atoms. The van der Waals surface area contributed by atoms with Crippen LogP contribution in [0.25, 0.3) is 0 Å². The molecule has 3 rings (SSSR count). The monoisotopic (exact) mass is 285 g/mol. The van der Waals surface area contributed by atoms with Crippen LogP contribution in [0.3, 0.4) is 0 Å². The van der Waals surface area contributed by atoms with Crippen molar-refractivity contribution in [1.29, 1.82) is 0 Å². The summed E-state index contributed by atoms with van der Waals surface area (Å²) in [5, 5.41) is 21.2. The molecule has 0 aromatic heterocycles. The highest BCUT2D eigenvalue weighted by molar-refractivity contribution is 5.94. The normalized spacial score (nSPS) is 11.7. The Hall–Kier alpha value is -3.02. The molecule has 1 aliphatic rings. The molecule has 3 N–H and O–H groups in total. The molecule has 0 aliphatic carbocycles. The predicted molar refractivity (Wildman–Crippen MR) is 74.9 cm³/mol. The fourth-order valence-electron chi connectivity index (χ4n) is 2.26. The number of hydrogen-bond acceptors (Lipinski definition) is 4. The molecule has 0 spiro atoms. The third-order valence-electron chi connectivity index (χ3n) is 3.37. The number of aromatic carboxylic acids is 2. The van der Waals surface area contributed by atoms with Gasteiger partial charge in [-0.1, -0.05) is 0 Å². The van der Waals surface area contributed by atoms with Gasteiger partial charge in [-0.3, -0.25) is 0 Å². The van der Waals surface area contributed by atoms with E-state index in [1.165, 1.54) is 18.2 Å². The number of fused-ring (bicyclic) bond motifs is 2. The molecule has 2 aromatic carbocycles. The molecule has 0 saturated heterocycles. The molecule has 1 aliphatic heterocycles. The molecule has 0 amide bonds. The van der Waals surface area contributed by atoms with Gasteiger partial charge in [0.15, 0.2) is 11.5 Å². The molecule has 106 valence electrons. The van der Waals surface area contributed by atoms with Gasteiger partial charge < -0.3 is 20.3 Å². The van der Waals surface area contributed by atoms with Crippen molar-refractivity contribution in [2.45, 2.75) is 6.92 Å². The molecule has 1 heterocycles. The van der Waals surface area contributed by atoms with Crippen LogP contribution in [0.4, 0.5) is 11.4 Å². The minimum Gasteiger partial charge on any atom is -0.478 e. The number of nitrogens with one attached hydrogen (secondary N) is 1. The summed E-state index contributed by atoms with van der Waals surface area (Å²) in [4.78, 5) is 22.1. The van der Waals surface area contributed by atoms with Crippen molar-refractivity contribution in [2.24, 2.45) is 0 Å². The van der Waals surface area contributed by atoms with Gasteiger partial charge in [-0.25, -0.2) is 9.59 Å². The fourth-order valence-corrected chi connectivity index (χ4v) is 2.26. The van der Waals surface area contributed by atoms with Crippen LogP contribution in [0.2, 0.25) is 0 Å². The number of rotatable bonds is 2. The molecule has 6 nitrogen and oxygen atoms in total. The number of carboxylic acid groups (broad SMARTS) is 2. The molecular weight excluding hydrogens is 274 g/mol. The molecular formula is C15H11NO5. The fraction of sp³-hybridized carbons (Fsp3) is 0.0667. The first-order valence-corrected chi connectivity index (χ1v) is 6.16. The van der Waals surface area contributed by atoms with Crippen LogP contribution in [-0.2, 0) is 0 Å². The maximum absolute atomic E-state index is 11.1. The Balaban J connectivity index is 2.08. The van der Waals surface area contributed by atoms with Crippen molar-refractivity contribution in [3.8, 4) is 11.5 Å². The van der Waals surface area contributed by atoms with E-state index in [4.69, 9.17) is 14.9 Å². The Bertz CT molecular complexity index is 782. The van der Waals surface area contributed by atoms with Crippen molar-refractivity contribution in [3.05, 3.63) is 47.0 Å². The summed E-state index contributed by atoms with van der Waals surface area (Å²) in [5.74, 6) is -1.19. The maximum Gasteiger partial charge on any atom is 0.336 e. The van der Waals surface area contributed by atoms with Gasteiger partial charge in [0, 0.05) is 0 Å². The summed E-state index contributed by atoms with van der Waals surface area (Å²) in [6, 6.07) is 7.49. The maximum atomic E-state index is 11.1. The Morgan fingerprint density at radius 2 is 1.81 bits per heavy atom. The zero-order valence-electron chi connectivity index (χ0n) is 11.0. The van der Waals surface area contributed by atoms with Crippen LogP contribution < -0.4 is 10.1 Å². The van der Waals surface area contributed by atoms with Gasteiger partial charge in [0.1, 0.15) is 0 Å². The molecule has 0 bridgehead atoms. The van der Waals surface area contributed by atoms with Gasteiger partial charge in [0.25, 0.3) is 0 Å². The zero-order valence-corrected chi connectivity index (χ0v) is 11.0. The van der Waals surface area contributed by atoms with Crippen LogP contribution in [0.15, 0.2) is 30.3 Å². The van der Waals surface area contributed by atoms with Crippen molar-refractivity contribution in [1.82, 2.24) is 0 Å². The largest absolute Gasteiger partial charge is 0.478 e. The Kier molecular flexibility index (Phi) is 2.79. The second-order valence-electron chi connectivity index (χ2n) is 4.66. The highest BCUT2D eigenvalue weighted by atomic mass is 16.5. The Morgan fingerprint density at radius 1 is 1.05 bits per heavy atom. The first-order chi connectivity index (χ1) is 9.97. The average molecular weight is 285 g/mol. The number of ether oxygens (including phenoxy) is 1. The summed E-state index contributed by atoms with van der Waals surface area (Å²) < 4.78 is 5.67. The minimum atomic E-state index is -1.04. The lowest BCUT2D eigenvalue weighted by atomic mass is 10.0. The van der Waals surface area contributed by atoms with E-state index < -0.39 is 11.9 Å². The lowest BCUT2D eigenvalue weighted by molar-refractivity contribution is 0.0685. The number of hydrogen-bond donors (Lipinski definition) is 3. The molecule has 0 unspecified atom stereocenters. The molecule has 0 fully saturated rings. The SMILES string of the molecule is Cc1c(C(=O)O)ccc2c1Nc1ccc(C(=O)O)cc1O2. The summed E-state index contributed by atoms with van der Waals surface area (Å²) in [5.41, 5.74) is 2.05. The van der Waals surface area contributed by atoms with Crippen molar-refractivity contribution in [2.75, 3.05) is 5.32 Å². The van der Waals surface area contributed by atoms with Crippen molar-refractivity contribution in [3.63, 3.8) is 0 Å². The van der Waals surface area contributed by atoms with Crippen LogP contribution in [0, 0.1) is 6.92 Å². The molecule has 0 atom stereocenters. The molecule has 2 aromatic rings. The van der Waals surface area contributed by atoms with E-state index >= 15 is 0 Å². The van der Waals surface area contributed by atoms with Crippen molar-refractivity contribution >= 4 is 23.3 Å². The van der Waals surface area contributed by atoms with Gasteiger partial charge in [-0.05, 0) is 42.8 Å². The lowest BCUT2D eigenvalue weighted by Crippen LogP contribution is -2.09. The average Bonchev–Trinajstić information content (AvgIpc) is 2.45. The predicted octanol–water partition coefficient (Wildman–Crippen LogP) is 3.24. The number of carboxylic acids is 2. The van der Waals surface area contributed by atoms with Crippen LogP contribution in [-0.4, -0.2) is 22.2 Å². The molecule has 0 radical (unpaired) electrons. The first kappa shape index (κ1) is 13.0. The molecule has 0 saturated carbocycles. The number of benzene rings is 2. The third-order valence-corrected chi connectivity index (χ3v) is 3.37. The Labute approximate surface area is 119 Å². The smallest absolute Gasteiger partial charge is 0.336 e. The quantitative estimate of drug-likeness (QED) is 0.669. The summed E-state index contributed by atoms with van der Waals surface area (Å²) in [6.07, 6.45) is 0. The van der Waals surface area contributed by atoms with E-state index in [1.54, 1.807) is 19.1 Å². The molecule has 6 heteroatoms. The highest BCUT2D eigenvalue weighted by Gasteiger charge is 2.22. The minimum absolute atomic E-state index is 0.123. The van der Waals surface area contributed by atoms with Gasteiger partial charge in [-0.2, -0.15) is 0 Å². The summed E-state index contributed by atoms with van der Waals surface area (Å²) in [6.45, 7) is 1.69. The second-order valence-corrected chi connectivity index (χ2v) is 4.66. The van der Waals surface area contributed by atoms with Gasteiger partial charge in [-0.15, -0.1) is 0 Å². The van der Waals surface area contributed by atoms with E-state index in [0.717, 1.165) is 0 Å². The third kappa shape index (κ3) is 2.06. The van der Waals surface area contributed by atoms with Crippen LogP contribution >= 0.6 is 0 Å². The topological polar surface area (TPSA) is 95.9 Å². The number of carbonyl (C=O) groups is 2. The van der Waals surface area contributed by atoms with E-state index in [9.17, 15) is 9.59 Å². The zero-order chi connectivity index (χ0) is 15.1. The first-order valence-electron chi connectivity index (χ1n) is 6.16. The van der Waals surface area contributed by atoms with E-state index in [2.05, 4.69) is 5.32 Å². The lowest BCUT2D eigenvalue weighted by Gasteiger charge is -2.24. The van der Waals surface area contributed by atoms with Crippen molar-refractivity contribution < 1.29 is 24.5 Å². The van der Waals surface area contributed by atoms with Gasteiger partial charge >= 0.3 is 11.9 Å². The number of anilines is 2. The van der Waals surface area contributed by atoms with Crippen LogP contribution in [0.1, 0.15) is 26.3 Å². The standard InChI is InChI=1S/C15H11NO5/c1-7-9(15(19)20)3-5-11-13(7)16-10-4-2-8(14(17)18)6-12(10)21-11/h2-6,16H,1H3,(H,17,18)(H,19,20).